The number of benzene rings is 2. The molecule has 3 rings (SSSR count). The van der Waals surface area contributed by atoms with Gasteiger partial charge in [-0.2, -0.15) is 0 Å². The summed E-state index contributed by atoms with van der Waals surface area (Å²) in [6, 6.07) is 18.1. The maximum Gasteiger partial charge on any atom is 0.276 e. The number of anilines is 3. The minimum atomic E-state index is -0.300. The molecule has 0 saturated carbocycles. The molecule has 3 aromatic rings. The average molecular weight is 339 g/mol. The Kier molecular flexibility index (Phi) is 4.72. The van der Waals surface area contributed by atoms with E-state index in [1.54, 1.807) is 24.3 Å². The molecule has 0 atom stereocenters. The largest absolute Gasteiger partial charge is 0.339 e. The van der Waals surface area contributed by atoms with Gasteiger partial charge in [0.05, 0.1) is 0 Å². The van der Waals surface area contributed by atoms with Crippen LogP contribution in [0.25, 0.3) is 0 Å². The summed E-state index contributed by atoms with van der Waals surface area (Å²) in [5.41, 5.74) is 2.78. The Balaban J connectivity index is 1.70. The van der Waals surface area contributed by atoms with Crippen molar-refractivity contribution in [1.29, 1.82) is 0 Å². The number of aromatic nitrogens is 2. The van der Waals surface area contributed by atoms with Crippen LogP contribution in [0.2, 0.25) is 5.02 Å². The summed E-state index contributed by atoms with van der Waals surface area (Å²) in [4.78, 5) is 12.2. The number of para-hydroxylation sites is 1. The van der Waals surface area contributed by atoms with Gasteiger partial charge in [0.25, 0.3) is 5.91 Å². The number of carbonyl (C=O) groups excluding carboxylic acids is 1. The first-order chi connectivity index (χ1) is 11.6. The fourth-order valence-corrected chi connectivity index (χ4v) is 2.32. The van der Waals surface area contributed by atoms with E-state index < -0.39 is 0 Å². The van der Waals surface area contributed by atoms with Gasteiger partial charge in [-0.1, -0.05) is 35.9 Å². The smallest absolute Gasteiger partial charge is 0.276 e. The van der Waals surface area contributed by atoms with Gasteiger partial charge in [0.2, 0.25) is 0 Å². The van der Waals surface area contributed by atoms with Crippen molar-refractivity contribution in [2.24, 2.45) is 0 Å². The van der Waals surface area contributed by atoms with Crippen LogP contribution in [-0.2, 0) is 0 Å². The quantitative estimate of drug-likeness (QED) is 0.738. The lowest BCUT2D eigenvalue weighted by atomic mass is 10.2. The van der Waals surface area contributed by atoms with Gasteiger partial charge in [0, 0.05) is 16.4 Å². The number of halogens is 1. The first-order valence-electron chi connectivity index (χ1n) is 7.35. The number of hydrogen-bond donors (Lipinski definition) is 2. The maximum absolute atomic E-state index is 12.2. The normalized spacial score (nSPS) is 10.2. The molecule has 0 aliphatic heterocycles. The van der Waals surface area contributed by atoms with Crippen molar-refractivity contribution in [2.75, 3.05) is 10.6 Å². The summed E-state index contributed by atoms with van der Waals surface area (Å²) in [6.07, 6.45) is 0. The van der Waals surface area contributed by atoms with Crippen LogP contribution < -0.4 is 10.6 Å². The summed E-state index contributed by atoms with van der Waals surface area (Å²) in [5, 5.41) is 14.5. The Hall–Kier alpha value is -2.92. The zero-order valence-electron chi connectivity index (χ0n) is 13.0. The second kappa shape index (κ2) is 7.10. The molecule has 1 aromatic heterocycles. The molecule has 1 heterocycles. The molecule has 6 heteroatoms. The molecule has 0 saturated heterocycles. The Morgan fingerprint density at radius 1 is 1.00 bits per heavy atom. The van der Waals surface area contributed by atoms with Gasteiger partial charge in [-0.3, -0.25) is 4.79 Å². The highest BCUT2D eigenvalue weighted by molar-refractivity contribution is 6.30. The molecule has 0 aliphatic rings. The summed E-state index contributed by atoms with van der Waals surface area (Å²) in [6.45, 7) is 1.93. The summed E-state index contributed by atoms with van der Waals surface area (Å²) in [7, 11) is 0. The predicted molar refractivity (Wildman–Crippen MR) is 95.9 cm³/mol. The van der Waals surface area contributed by atoms with Crippen LogP contribution in [0.4, 0.5) is 17.2 Å². The minimum Gasteiger partial charge on any atom is -0.339 e. The summed E-state index contributed by atoms with van der Waals surface area (Å²) in [5.74, 6) is 0.232. The monoisotopic (exact) mass is 338 g/mol. The number of aryl methyl sites for hydroxylation is 1. The van der Waals surface area contributed by atoms with E-state index in [4.69, 9.17) is 11.6 Å². The third-order valence-electron chi connectivity index (χ3n) is 3.39. The van der Waals surface area contributed by atoms with E-state index in [0.29, 0.717) is 10.8 Å². The molecule has 24 heavy (non-hydrogen) atoms. The highest BCUT2D eigenvalue weighted by Crippen LogP contribution is 2.19. The van der Waals surface area contributed by atoms with E-state index in [9.17, 15) is 4.79 Å². The highest BCUT2D eigenvalue weighted by atomic mass is 35.5. The standard InChI is InChI=1S/C18H15ClN4O/c1-12-5-2-3-8-15(12)21-18(24)16-9-10-17(23-22-16)20-14-7-4-6-13(19)11-14/h2-11H,1H3,(H,20,23)(H,21,24). The van der Waals surface area contributed by atoms with Crippen LogP contribution in [-0.4, -0.2) is 16.1 Å². The predicted octanol–water partition coefficient (Wildman–Crippen LogP) is 4.43. The van der Waals surface area contributed by atoms with Gasteiger partial charge in [-0.25, -0.2) is 0 Å². The van der Waals surface area contributed by atoms with Crippen LogP contribution in [0.5, 0.6) is 0 Å². The Labute approximate surface area is 144 Å². The number of amides is 1. The molecule has 0 spiro atoms. The zero-order valence-corrected chi connectivity index (χ0v) is 13.7. The lowest BCUT2D eigenvalue weighted by Gasteiger charge is -2.08. The van der Waals surface area contributed by atoms with Crippen molar-refractivity contribution in [3.05, 3.63) is 76.9 Å². The molecule has 2 aromatic carbocycles. The lowest BCUT2D eigenvalue weighted by molar-refractivity contribution is 0.102. The maximum atomic E-state index is 12.2. The van der Waals surface area contributed by atoms with E-state index in [1.165, 1.54) is 0 Å². The molecule has 120 valence electrons. The van der Waals surface area contributed by atoms with E-state index >= 15 is 0 Å². The van der Waals surface area contributed by atoms with Gasteiger partial charge in [-0.15, -0.1) is 10.2 Å². The van der Waals surface area contributed by atoms with Crippen LogP contribution in [0.1, 0.15) is 16.1 Å². The van der Waals surface area contributed by atoms with Crippen molar-refractivity contribution in [3.8, 4) is 0 Å². The summed E-state index contributed by atoms with van der Waals surface area (Å²) < 4.78 is 0. The van der Waals surface area contributed by atoms with Crippen LogP contribution >= 0.6 is 11.6 Å². The second-order valence-electron chi connectivity index (χ2n) is 5.21. The van der Waals surface area contributed by atoms with Crippen molar-refractivity contribution in [2.45, 2.75) is 6.92 Å². The van der Waals surface area contributed by atoms with E-state index in [1.807, 2.05) is 43.3 Å². The first-order valence-corrected chi connectivity index (χ1v) is 7.73. The number of carbonyl (C=O) groups is 1. The van der Waals surface area contributed by atoms with Crippen molar-refractivity contribution in [3.63, 3.8) is 0 Å². The fourth-order valence-electron chi connectivity index (χ4n) is 2.13. The van der Waals surface area contributed by atoms with Gasteiger partial charge in [0.15, 0.2) is 11.5 Å². The van der Waals surface area contributed by atoms with E-state index in [0.717, 1.165) is 16.9 Å². The topological polar surface area (TPSA) is 66.9 Å². The number of nitrogens with zero attached hydrogens (tertiary/aromatic N) is 2. The molecular weight excluding hydrogens is 324 g/mol. The molecule has 0 bridgehead atoms. The Bertz CT molecular complexity index is 865. The average Bonchev–Trinajstić information content (AvgIpc) is 2.57. The van der Waals surface area contributed by atoms with E-state index in [-0.39, 0.29) is 11.6 Å². The molecule has 0 fully saturated rings. The highest BCUT2D eigenvalue weighted by Gasteiger charge is 2.10. The molecule has 0 radical (unpaired) electrons. The van der Waals surface area contributed by atoms with Crippen LogP contribution in [0.3, 0.4) is 0 Å². The van der Waals surface area contributed by atoms with Gasteiger partial charge < -0.3 is 10.6 Å². The third-order valence-corrected chi connectivity index (χ3v) is 3.62. The number of hydrogen-bond acceptors (Lipinski definition) is 4. The van der Waals surface area contributed by atoms with Gasteiger partial charge in [-0.05, 0) is 48.9 Å². The molecule has 2 N–H and O–H groups in total. The minimum absolute atomic E-state index is 0.245. The van der Waals surface area contributed by atoms with Crippen LogP contribution in [0, 0.1) is 6.92 Å². The molecule has 0 unspecified atom stereocenters. The SMILES string of the molecule is Cc1ccccc1NC(=O)c1ccc(Nc2cccc(Cl)c2)nn1. The van der Waals surface area contributed by atoms with E-state index in [2.05, 4.69) is 20.8 Å². The molecule has 5 nitrogen and oxygen atoms in total. The Morgan fingerprint density at radius 3 is 2.54 bits per heavy atom. The lowest BCUT2D eigenvalue weighted by Crippen LogP contribution is -2.15. The number of nitrogens with one attached hydrogen (secondary N) is 2. The molecular formula is C18H15ClN4O. The molecule has 1 amide bonds. The van der Waals surface area contributed by atoms with Crippen molar-refractivity contribution < 1.29 is 4.79 Å². The Morgan fingerprint density at radius 2 is 1.83 bits per heavy atom. The molecule has 0 aliphatic carbocycles. The van der Waals surface area contributed by atoms with Crippen molar-refractivity contribution in [1.82, 2.24) is 10.2 Å². The van der Waals surface area contributed by atoms with Gasteiger partial charge >= 0.3 is 0 Å². The van der Waals surface area contributed by atoms with Gasteiger partial charge in [0.1, 0.15) is 0 Å². The fraction of sp³-hybridized carbons (Fsp3) is 0.0556. The number of rotatable bonds is 4. The zero-order chi connectivity index (χ0) is 16.9. The third kappa shape index (κ3) is 3.88. The van der Waals surface area contributed by atoms with Crippen LogP contribution in [0.15, 0.2) is 60.7 Å². The van der Waals surface area contributed by atoms with Crippen molar-refractivity contribution >= 4 is 34.7 Å². The summed E-state index contributed by atoms with van der Waals surface area (Å²) >= 11 is 5.94. The second-order valence-corrected chi connectivity index (χ2v) is 5.64. The first kappa shape index (κ1) is 16.0.